The topological polar surface area (TPSA) is 0 Å². The van der Waals surface area contributed by atoms with Crippen LogP contribution in [0.3, 0.4) is 0 Å². The molecular weight excluding hydrogens is 240 g/mol. The zero-order chi connectivity index (χ0) is 9.52. The third-order valence-electron chi connectivity index (χ3n) is 3.21. The Labute approximate surface area is 93.2 Å². The summed E-state index contributed by atoms with van der Waals surface area (Å²) in [7, 11) is 0.124. The second-order valence-corrected chi connectivity index (χ2v) is 8.07. The molecule has 0 aliphatic carbocycles. The Morgan fingerprint density at radius 3 is 2.54 bits per heavy atom. The smallest absolute Gasteiger partial charge is 0.0479 e. The Balaban J connectivity index is 2.08. The van der Waals surface area contributed by atoms with Gasteiger partial charge in [0.2, 0.25) is 0 Å². The quantitative estimate of drug-likeness (QED) is 0.506. The van der Waals surface area contributed by atoms with E-state index in [9.17, 15) is 0 Å². The minimum atomic E-state index is 0.124. The summed E-state index contributed by atoms with van der Waals surface area (Å²) < 4.78 is 0. The van der Waals surface area contributed by atoms with Gasteiger partial charge in [0.15, 0.2) is 0 Å². The Morgan fingerprint density at radius 1 is 1.31 bits per heavy atom. The molecule has 77 valence electrons. The Bertz CT molecular complexity index is 119. The third-order valence-corrected chi connectivity index (χ3v) is 6.72. The summed E-state index contributed by atoms with van der Waals surface area (Å²) in [5.41, 5.74) is 0. The molecule has 0 spiro atoms. The molecule has 0 saturated carbocycles. The van der Waals surface area contributed by atoms with Gasteiger partial charge in [-0.15, -0.1) is 0 Å². The van der Waals surface area contributed by atoms with Gasteiger partial charge in [0.25, 0.3) is 0 Å². The first-order valence-electron chi connectivity index (χ1n) is 5.76. The maximum atomic E-state index is 3.55. The molecule has 0 bridgehead atoms. The highest BCUT2D eigenvalue weighted by molar-refractivity contribution is 9.09. The van der Waals surface area contributed by atoms with Gasteiger partial charge < -0.3 is 0 Å². The van der Waals surface area contributed by atoms with Crippen molar-refractivity contribution in [1.82, 2.24) is 0 Å². The number of hydrogen-bond donors (Lipinski definition) is 0. The van der Waals surface area contributed by atoms with E-state index in [-0.39, 0.29) is 8.80 Å². The van der Waals surface area contributed by atoms with Gasteiger partial charge in [0.1, 0.15) is 0 Å². The van der Waals surface area contributed by atoms with Crippen LogP contribution >= 0.6 is 15.9 Å². The highest BCUT2D eigenvalue weighted by Gasteiger charge is 2.21. The largest absolute Gasteiger partial charge is 0.0928 e. The molecule has 1 fully saturated rings. The normalized spacial score (nSPS) is 20.8. The van der Waals surface area contributed by atoms with Crippen LogP contribution in [0.4, 0.5) is 0 Å². The first-order valence-corrected chi connectivity index (χ1v) is 9.00. The van der Waals surface area contributed by atoms with Crippen molar-refractivity contribution < 1.29 is 0 Å². The third kappa shape index (κ3) is 4.64. The molecule has 1 radical (unpaired) electrons. The van der Waals surface area contributed by atoms with Crippen LogP contribution in [0, 0.1) is 5.92 Å². The fraction of sp³-hybridized carbons (Fsp3) is 1.00. The standard InChI is InChI=1S/C11H22BrSi/c1-2-3-8-13-9-5-11(4-7-12)6-10-13/h11H,2-10H2,1H3. The second kappa shape index (κ2) is 7.05. The van der Waals surface area contributed by atoms with Crippen molar-refractivity contribution in [1.29, 1.82) is 0 Å². The van der Waals surface area contributed by atoms with E-state index in [2.05, 4.69) is 22.9 Å². The van der Waals surface area contributed by atoms with Crippen LogP contribution in [0.5, 0.6) is 0 Å². The van der Waals surface area contributed by atoms with E-state index < -0.39 is 0 Å². The summed E-state index contributed by atoms with van der Waals surface area (Å²) in [5.74, 6) is 1.06. The first-order chi connectivity index (χ1) is 6.36. The van der Waals surface area contributed by atoms with Crippen LogP contribution < -0.4 is 0 Å². The lowest BCUT2D eigenvalue weighted by atomic mass is 10.0. The van der Waals surface area contributed by atoms with Crippen molar-refractivity contribution in [3.05, 3.63) is 0 Å². The average molecular weight is 262 g/mol. The van der Waals surface area contributed by atoms with Gasteiger partial charge in [-0.25, -0.2) is 0 Å². The van der Waals surface area contributed by atoms with Crippen LogP contribution in [0.2, 0.25) is 18.1 Å². The van der Waals surface area contributed by atoms with E-state index in [1.54, 1.807) is 31.0 Å². The van der Waals surface area contributed by atoms with Gasteiger partial charge in [0, 0.05) is 14.1 Å². The SMILES string of the molecule is CCCC[Si]1CCC(CCBr)CC1. The number of alkyl halides is 1. The molecule has 0 aromatic carbocycles. The minimum Gasteiger partial charge on any atom is -0.0928 e. The van der Waals surface area contributed by atoms with Crippen LogP contribution in [0.25, 0.3) is 0 Å². The van der Waals surface area contributed by atoms with Gasteiger partial charge in [-0.3, -0.25) is 0 Å². The van der Waals surface area contributed by atoms with Gasteiger partial charge >= 0.3 is 0 Å². The molecule has 1 heterocycles. The lowest BCUT2D eigenvalue weighted by molar-refractivity contribution is 0.460. The monoisotopic (exact) mass is 261 g/mol. The summed E-state index contributed by atoms with van der Waals surface area (Å²) in [6, 6.07) is 4.83. The number of rotatable bonds is 5. The Morgan fingerprint density at radius 2 is 2.00 bits per heavy atom. The Hall–Kier alpha value is 0.697. The van der Waals surface area contributed by atoms with E-state index in [0.29, 0.717) is 0 Å². The van der Waals surface area contributed by atoms with Gasteiger partial charge in [-0.1, -0.05) is 66.7 Å². The van der Waals surface area contributed by atoms with E-state index in [1.807, 2.05) is 0 Å². The molecule has 1 aliphatic rings. The summed E-state index contributed by atoms with van der Waals surface area (Å²) >= 11 is 3.55. The van der Waals surface area contributed by atoms with E-state index in [0.717, 1.165) is 5.92 Å². The second-order valence-electron chi connectivity index (χ2n) is 4.27. The predicted octanol–water partition coefficient (Wildman–Crippen LogP) is 4.48. The van der Waals surface area contributed by atoms with E-state index >= 15 is 0 Å². The molecule has 0 aromatic heterocycles. The molecule has 2 heteroatoms. The maximum absolute atomic E-state index is 3.55. The molecule has 1 saturated heterocycles. The van der Waals surface area contributed by atoms with Crippen molar-refractivity contribution >= 4 is 24.7 Å². The molecular formula is C11H22BrSi. The van der Waals surface area contributed by atoms with Crippen LogP contribution in [-0.4, -0.2) is 14.1 Å². The fourth-order valence-electron chi connectivity index (χ4n) is 2.21. The average Bonchev–Trinajstić information content (AvgIpc) is 2.17. The van der Waals surface area contributed by atoms with Crippen molar-refractivity contribution in [3.63, 3.8) is 0 Å². The van der Waals surface area contributed by atoms with Crippen LogP contribution in [-0.2, 0) is 0 Å². The molecule has 0 aromatic rings. The Kier molecular flexibility index (Phi) is 6.38. The molecule has 0 nitrogen and oxygen atoms in total. The first kappa shape index (κ1) is 11.8. The van der Waals surface area contributed by atoms with Crippen LogP contribution in [0.1, 0.15) is 39.0 Å². The molecule has 1 aliphatic heterocycles. The number of unbranched alkanes of at least 4 members (excludes halogenated alkanes) is 1. The lowest BCUT2D eigenvalue weighted by Crippen LogP contribution is -2.21. The summed E-state index contributed by atoms with van der Waals surface area (Å²) in [6.07, 6.45) is 7.41. The van der Waals surface area contributed by atoms with E-state index in [1.165, 1.54) is 24.6 Å². The zero-order valence-electron chi connectivity index (χ0n) is 8.82. The lowest BCUT2D eigenvalue weighted by Gasteiger charge is -2.26. The van der Waals surface area contributed by atoms with Gasteiger partial charge in [0.05, 0.1) is 0 Å². The molecule has 0 amide bonds. The minimum absolute atomic E-state index is 0.124. The van der Waals surface area contributed by atoms with Crippen molar-refractivity contribution in [2.24, 2.45) is 5.92 Å². The van der Waals surface area contributed by atoms with Crippen molar-refractivity contribution in [2.75, 3.05) is 5.33 Å². The van der Waals surface area contributed by atoms with Gasteiger partial charge in [-0.05, 0) is 12.3 Å². The number of hydrogen-bond acceptors (Lipinski definition) is 0. The molecule has 0 atom stereocenters. The van der Waals surface area contributed by atoms with Crippen molar-refractivity contribution in [2.45, 2.75) is 57.2 Å². The molecule has 0 N–H and O–H groups in total. The van der Waals surface area contributed by atoms with Crippen molar-refractivity contribution in [3.8, 4) is 0 Å². The fourth-order valence-corrected chi connectivity index (χ4v) is 6.09. The molecule has 0 unspecified atom stereocenters. The summed E-state index contributed by atoms with van der Waals surface area (Å²) in [5, 5.41) is 1.22. The summed E-state index contributed by atoms with van der Waals surface area (Å²) in [4.78, 5) is 0. The predicted molar refractivity (Wildman–Crippen MR) is 66.2 cm³/mol. The van der Waals surface area contributed by atoms with E-state index in [4.69, 9.17) is 0 Å². The van der Waals surface area contributed by atoms with Gasteiger partial charge in [-0.2, -0.15) is 0 Å². The highest BCUT2D eigenvalue weighted by Crippen LogP contribution is 2.30. The summed E-state index contributed by atoms with van der Waals surface area (Å²) in [6.45, 7) is 2.32. The maximum Gasteiger partial charge on any atom is 0.0479 e. The molecule has 1 rings (SSSR count). The number of halogens is 1. The molecule has 13 heavy (non-hydrogen) atoms. The highest BCUT2D eigenvalue weighted by atomic mass is 79.9. The zero-order valence-corrected chi connectivity index (χ0v) is 11.4. The van der Waals surface area contributed by atoms with Crippen LogP contribution in [0.15, 0.2) is 0 Å².